The van der Waals surface area contributed by atoms with Gasteiger partial charge >= 0.3 is 0 Å². The first-order chi connectivity index (χ1) is 8.00. The fraction of sp³-hybridized carbons (Fsp3) is 0.182. The number of halogens is 3. The molecule has 3 nitrogen and oxygen atoms in total. The summed E-state index contributed by atoms with van der Waals surface area (Å²) in [5.41, 5.74) is 6.44. The molecule has 0 aliphatic carbocycles. The van der Waals surface area contributed by atoms with Crippen molar-refractivity contribution in [2.75, 3.05) is 0 Å². The van der Waals surface area contributed by atoms with Crippen LogP contribution in [-0.4, -0.2) is 9.55 Å². The molecule has 0 aliphatic heterocycles. The highest BCUT2D eigenvalue weighted by atomic mass is 79.9. The van der Waals surface area contributed by atoms with Crippen LogP contribution in [0.25, 0.3) is 5.69 Å². The molecule has 0 spiro atoms. The summed E-state index contributed by atoms with van der Waals surface area (Å²) in [5, 5.41) is 0. The number of nitrogens with two attached hydrogens (primary N) is 1. The van der Waals surface area contributed by atoms with E-state index >= 15 is 0 Å². The van der Waals surface area contributed by atoms with Crippen molar-refractivity contribution in [3.05, 3.63) is 46.5 Å². The monoisotopic (exact) mass is 301 g/mol. The molecule has 1 unspecified atom stereocenters. The van der Waals surface area contributed by atoms with Crippen LogP contribution in [0.2, 0.25) is 0 Å². The molecule has 2 aromatic rings. The molecule has 1 heterocycles. The molecule has 0 saturated heterocycles. The SMILES string of the molecule is CC(N)c1cncn1-c1cc(F)c(Br)cc1F. The number of benzene rings is 1. The van der Waals surface area contributed by atoms with Crippen molar-refractivity contribution in [3.63, 3.8) is 0 Å². The molecule has 0 aliphatic rings. The molecule has 1 aromatic carbocycles. The second-order valence-electron chi connectivity index (χ2n) is 3.69. The average molecular weight is 302 g/mol. The minimum Gasteiger partial charge on any atom is -0.323 e. The fourth-order valence-electron chi connectivity index (χ4n) is 1.54. The zero-order valence-corrected chi connectivity index (χ0v) is 10.6. The number of rotatable bonds is 2. The van der Waals surface area contributed by atoms with Gasteiger partial charge in [-0.05, 0) is 28.9 Å². The minimum absolute atomic E-state index is 0.0845. The van der Waals surface area contributed by atoms with Crippen LogP contribution < -0.4 is 5.73 Å². The molecular formula is C11H10BrF2N3. The van der Waals surface area contributed by atoms with Gasteiger partial charge in [0.05, 0.1) is 28.4 Å². The summed E-state index contributed by atoms with van der Waals surface area (Å²) in [7, 11) is 0. The third kappa shape index (κ3) is 2.23. The quantitative estimate of drug-likeness (QED) is 0.867. The van der Waals surface area contributed by atoms with E-state index in [9.17, 15) is 8.78 Å². The lowest BCUT2D eigenvalue weighted by atomic mass is 10.2. The first kappa shape index (κ1) is 12.2. The average Bonchev–Trinajstić information content (AvgIpc) is 2.72. The molecule has 6 heteroatoms. The lowest BCUT2D eigenvalue weighted by Crippen LogP contribution is -2.11. The maximum atomic E-state index is 13.8. The van der Waals surface area contributed by atoms with E-state index in [1.165, 1.54) is 17.1 Å². The van der Waals surface area contributed by atoms with Crippen LogP contribution in [0, 0.1) is 11.6 Å². The zero-order valence-electron chi connectivity index (χ0n) is 8.99. The number of imidazole rings is 1. The van der Waals surface area contributed by atoms with Crippen molar-refractivity contribution in [2.45, 2.75) is 13.0 Å². The molecule has 0 fully saturated rings. The van der Waals surface area contributed by atoms with E-state index in [2.05, 4.69) is 20.9 Å². The number of hydrogen-bond donors (Lipinski definition) is 1. The van der Waals surface area contributed by atoms with Crippen LogP contribution in [0.15, 0.2) is 29.1 Å². The summed E-state index contributed by atoms with van der Waals surface area (Å²) in [6.07, 6.45) is 2.94. The van der Waals surface area contributed by atoms with Crippen LogP contribution in [0.5, 0.6) is 0 Å². The Morgan fingerprint density at radius 2 is 2.06 bits per heavy atom. The van der Waals surface area contributed by atoms with Crippen molar-refractivity contribution in [2.24, 2.45) is 5.73 Å². The Morgan fingerprint density at radius 1 is 1.35 bits per heavy atom. The normalized spacial score (nSPS) is 12.8. The molecule has 0 saturated carbocycles. The van der Waals surface area contributed by atoms with Gasteiger partial charge in [-0.25, -0.2) is 13.8 Å². The van der Waals surface area contributed by atoms with Gasteiger partial charge in [0.1, 0.15) is 11.6 Å². The van der Waals surface area contributed by atoms with Gasteiger partial charge in [-0.3, -0.25) is 4.57 Å². The van der Waals surface area contributed by atoms with Crippen molar-refractivity contribution in [1.82, 2.24) is 9.55 Å². The Morgan fingerprint density at radius 3 is 2.71 bits per heavy atom. The Kier molecular flexibility index (Phi) is 3.26. The van der Waals surface area contributed by atoms with Gasteiger partial charge in [-0.2, -0.15) is 0 Å². The lowest BCUT2D eigenvalue weighted by molar-refractivity contribution is 0.583. The van der Waals surface area contributed by atoms with Crippen LogP contribution in [0.4, 0.5) is 8.78 Å². The summed E-state index contributed by atoms with van der Waals surface area (Å²) >= 11 is 2.93. The van der Waals surface area contributed by atoms with Gasteiger partial charge in [-0.15, -0.1) is 0 Å². The number of nitrogens with zero attached hydrogens (tertiary/aromatic N) is 2. The second-order valence-corrected chi connectivity index (χ2v) is 4.55. The smallest absolute Gasteiger partial charge is 0.148 e. The van der Waals surface area contributed by atoms with E-state index in [0.717, 1.165) is 12.1 Å². The van der Waals surface area contributed by atoms with Gasteiger partial charge < -0.3 is 5.73 Å². The molecule has 90 valence electrons. The van der Waals surface area contributed by atoms with Gasteiger partial charge in [-0.1, -0.05) is 0 Å². The van der Waals surface area contributed by atoms with Gasteiger partial charge in [0.15, 0.2) is 0 Å². The highest BCUT2D eigenvalue weighted by molar-refractivity contribution is 9.10. The number of aromatic nitrogens is 2. The van der Waals surface area contributed by atoms with E-state index in [1.54, 1.807) is 6.92 Å². The lowest BCUT2D eigenvalue weighted by Gasteiger charge is -2.12. The fourth-order valence-corrected chi connectivity index (χ4v) is 1.86. The summed E-state index contributed by atoms with van der Waals surface area (Å²) < 4.78 is 28.7. The highest BCUT2D eigenvalue weighted by Gasteiger charge is 2.14. The molecule has 17 heavy (non-hydrogen) atoms. The molecule has 0 bridgehead atoms. The standard InChI is InChI=1S/C11H10BrF2N3/c1-6(15)11-4-16-5-17(11)10-3-8(13)7(12)2-9(10)14/h2-6H,15H2,1H3. The predicted octanol–water partition coefficient (Wildman–Crippen LogP) is 2.93. The van der Waals surface area contributed by atoms with Gasteiger partial charge in [0.25, 0.3) is 0 Å². The summed E-state index contributed by atoms with van der Waals surface area (Å²) in [6.45, 7) is 1.75. The van der Waals surface area contributed by atoms with Gasteiger partial charge in [0.2, 0.25) is 0 Å². The third-order valence-electron chi connectivity index (χ3n) is 2.38. The maximum Gasteiger partial charge on any atom is 0.148 e. The van der Waals surface area contributed by atoms with Crippen LogP contribution in [0.3, 0.4) is 0 Å². The van der Waals surface area contributed by atoms with E-state index < -0.39 is 11.6 Å². The Bertz CT molecular complexity index is 552. The minimum atomic E-state index is -0.543. The number of hydrogen-bond acceptors (Lipinski definition) is 2. The van der Waals surface area contributed by atoms with E-state index in [0.29, 0.717) is 5.69 Å². The zero-order chi connectivity index (χ0) is 12.6. The molecule has 0 amide bonds. The van der Waals surface area contributed by atoms with E-state index in [4.69, 9.17) is 5.73 Å². The molecular weight excluding hydrogens is 292 g/mol. The first-order valence-corrected chi connectivity index (χ1v) is 5.72. The van der Waals surface area contributed by atoms with Crippen LogP contribution in [0.1, 0.15) is 18.7 Å². The van der Waals surface area contributed by atoms with E-state index in [1.807, 2.05) is 0 Å². The summed E-state index contributed by atoms with van der Waals surface area (Å²) in [5.74, 6) is -1.08. The largest absolute Gasteiger partial charge is 0.323 e. The Labute approximate surface area is 105 Å². The topological polar surface area (TPSA) is 43.8 Å². The molecule has 1 atom stereocenters. The Hall–Kier alpha value is -1.27. The molecule has 0 radical (unpaired) electrons. The highest BCUT2D eigenvalue weighted by Crippen LogP contribution is 2.24. The maximum absolute atomic E-state index is 13.8. The van der Waals surface area contributed by atoms with Crippen molar-refractivity contribution in [3.8, 4) is 5.69 Å². The third-order valence-corrected chi connectivity index (χ3v) is 2.99. The summed E-state index contributed by atoms with van der Waals surface area (Å²) in [6, 6.07) is 1.87. The van der Waals surface area contributed by atoms with Crippen LogP contribution >= 0.6 is 15.9 Å². The molecule has 2 rings (SSSR count). The molecule has 2 N–H and O–H groups in total. The summed E-state index contributed by atoms with van der Waals surface area (Å²) in [4.78, 5) is 3.90. The van der Waals surface area contributed by atoms with Crippen molar-refractivity contribution in [1.29, 1.82) is 0 Å². The molecule has 1 aromatic heterocycles. The second kappa shape index (κ2) is 4.54. The Balaban J connectivity index is 2.60. The predicted molar refractivity (Wildman–Crippen MR) is 63.8 cm³/mol. The van der Waals surface area contributed by atoms with Crippen LogP contribution in [-0.2, 0) is 0 Å². The van der Waals surface area contributed by atoms with Crippen molar-refractivity contribution >= 4 is 15.9 Å². The van der Waals surface area contributed by atoms with Crippen molar-refractivity contribution < 1.29 is 8.78 Å². The van der Waals surface area contributed by atoms with E-state index in [-0.39, 0.29) is 16.2 Å². The van der Waals surface area contributed by atoms with Gasteiger partial charge in [0, 0.05) is 12.1 Å². The first-order valence-electron chi connectivity index (χ1n) is 4.93.